The molecule has 1 aromatic carbocycles. The lowest BCUT2D eigenvalue weighted by molar-refractivity contribution is 0.101. The van der Waals surface area contributed by atoms with Gasteiger partial charge in [-0.15, -0.1) is 0 Å². The summed E-state index contributed by atoms with van der Waals surface area (Å²) in [6, 6.07) is 6.87. The largest absolute Gasteiger partial charge is 0.337 e. The first kappa shape index (κ1) is 13.6. The van der Waals surface area contributed by atoms with Crippen molar-refractivity contribution in [1.82, 2.24) is 0 Å². The molecule has 0 saturated heterocycles. The van der Waals surface area contributed by atoms with Gasteiger partial charge in [-0.1, -0.05) is 28.1 Å². The molecule has 1 rings (SSSR count). The minimum absolute atomic E-state index is 0.254. The monoisotopic (exact) mass is 306 g/mol. The lowest BCUT2D eigenvalue weighted by Gasteiger charge is -2.12. The minimum Gasteiger partial charge on any atom is -0.312 e. The number of carbonyl (C=O) groups is 1. The molecule has 0 fully saturated rings. The molecule has 88 valence electrons. The van der Waals surface area contributed by atoms with Crippen molar-refractivity contribution in [3.8, 4) is 0 Å². The minimum atomic E-state index is -3.28. The van der Waals surface area contributed by atoms with Crippen LogP contribution < -0.4 is 0 Å². The number of rotatable bonds is 5. The molecule has 0 unspecified atom stereocenters. The third-order valence-electron chi connectivity index (χ3n) is 2.04. The molecule has 0 atom stereocenters. The SMILES string of the molecule is COP(=O)(CC(=O)c1cccc(Br)c1)OC. The highest BCUT2D eigenvalue weighted by atomic mass is 79.9. The molecule has 0 saturated carbocycles. The lowest BCUT2D eigenvalue weighted by Crippen LogP contribution is -2.08. The van der Waals surface area contributed by atoms with E-state index in [1.165, 1.54) is 14.2 Å². The molecular weight excluding hydrogens is 295 g/mol. The predicted molar refractivity (Wildman–Crippen MR) is 65.0 cm³/mol. The molecule has 0 aliphatic rings. The van der Waals surface area contributed by atoms with Gasteiger partial charge in [0.1, 0.15) is 6.16 Å². The van der Waals surface area contributed by atoms with Crippen molar-refractivity contribution < 1.29 is 18.4 Å². The van der Waals surface area contributed by atoms with Crippen molar-refractivity contribution in [1.29, 1.82) is 0 Å². The summed E-state index contributed by atoms with van der Waals surface area (Å²) in [5.74, 6) is -0.270. The molecule has 0 N–H and O–H groups in total. The fourth-order valence-electron chi connectivity index (χ4n) is 1.13. The first-order valence-electron chi connectivity index (χ1n) is 4.50. The number of Topliss-reactive ketones (excluding diaryl/α,β-unsaturated/α-hetero) is 1. The molecule has 0 bridgehead atoms. The molecule has 0 heterocycles. The molecular formula is C10H12BrO4P. The van der Waals surface area contributed by atoms with Crippen LogP contribution >= 0.6 is 23.5 Å². The molecule has 0 aliphatic heterocycles. The molecule has 0 amide bonds. The number of hydrogen-bond acceptors (Lipinski definition) is 4. The van der Waals surface area contributed by atoms with Gasteiger partial charge in [-0.05, 0) is 12.1 Å². The van der Waals surface area contributed by atoms with Crippen LogP contribution in [0.25, 0.3) is 0 Å². The second-order valence-electron chi connectivity index (χ2n) is 3.07. The Morgan fingerprint density at radius 3 is 2.50 bits per heavy atom. The first-order chi connectivity index (χ1) is 7.50. The van der Waals surface area contributed by atoms with E-state index in [0.29, 0.717) is 5.56 Å². The summed E-state index contributed by atoms with van der Waals surface area (Å²) in [6.07, 6.45) is -0.254. The second-order valence-corrected chi connectivity index (χ2v) is 6.25. The van der Waals surface area contributed by atoms with Crippen LogP contribution in [0.1, 0.15) is 10.4 Å². The zero-order valence-electron chi connectivity index (χ0n) is 8.97. The van der Waals surface area contributed by atoms with Crippen LogP contribution in [0.2, 0.25) is 0 Å². The molecule has 0 radical (unpaired) electrons. The third-order valence-corrected chi connectivity index (χ3v) is 4.32. The molecule has 0 spiro atoms. The summed E-state index contributed by atoms with van der Waals surface area (Å²) in [5.41, 5.74) is 0.476. The summed E-state index contributed by atoms with van der Waals surface area (Å²) >= 11 is 3.26. The Balaban J connectivity index is 2.84. The number of hydrogen-bond donors (Lipinski definition) is 0. The van der Waals surface area contributed by atoms with Crippen molar-refractivity contribution in [3.63, 3.8) is 0 Å². The molecule has 0 aromatic heterocycles. The Morgan fingerprint density at radius 1 is 1.38 bits per heavy atom. The van der Waals surface area contributed by atoms with E-state index in [-0.39, 0.29) is 11.9 Å². The predicted octanol–water partition coefficient (Wildman–Crippen LogP) is 3.12. The van der Waals surface area contributed by atoms with Crippen molar-refractivity contribution in [2.24, 2.45) is 0 Å². The van der Waals surface area contributed by atoms with Gasteiger partial charge < -0.3 is 9.05 Å². The topological polar surface area (TPSA) is 52.6 Å². The van der Waals surface area contributed by atoms with Crippen molar-refractivity contribution in [2.45, 2.75) is 0 Å². The van der Waals surface area contributed by atoms with Crippen LogP contribution in [-0.2, 0) is 13.6 Å². The zero-order valence-corrected chi connectivity index (χ0v) is 11.5. The Kier molecular flexibility index (Phi) is 4.87. The van der Waals surface area contributed by atoms with Gasteiger partial charge in [0.15, 0.2) is 5.78 Å². The third kappa shape index (κ3) is 3.52. The zero-order chi connectivity index (χ0) is 12.2. The summed E-state index contributed by atoms with van der Waals surface area (Å²) in [5, 5.41) is 0. The highest BCUT2D eigenvalue weighted by molar-refractivity contribution is 9.10. The van der Waals surface area contributed by atoms with Gasteiger partial charge in [0.2, 0.25) is 0 Å². The van der Waals surface area contributed by atoms with Gasteiger partial charge in [0.05, 0.1) is 0 Å². The maximum absolute atomic E-state index is 11.8. The quantitative estimate of drug-likeness (QED) is 0.619. The van der Waals surface area contributed by atoms with E-state index in [1.54, 1.807) is 18.2 Å². The van der Waals surface area contributed by atoms with Gasteiger partial charge in [0.25, 0.3) is 0 Å². The second kappa shape index (κ2) is 5.73. The summed E-state index contributed by atoms with van der Waals surface area (Å²) in [6.45, 7) is 0. The number of ketones is 1. The van der Waals surface area contributed by atoms with Crippen molar-refractivity contribution in [2.75, 3.05) is 20.4 Å². The van der Waals surface area contributed by atoms with E-state index in [0.717, 1.165) is 4.47 Å². The summed E-state index contributed by atoms with van der Waals surface area (Å²) < 4.78 is 22.0. The molecule has 1 aromatic rings. The van der Waals surface area contributed by atoms with Crippen LogP contribution in [0, 0.1) is 0 Å². The highest BCUT2D eigenvalue weighted by Crippen LogP contribution is 2.46. The normalized spacial score (nSPS) is 11.4. The van der Waals surface area contributed by atoms with Crippen LogP contribution in [0.15, 0.2) is 28.7 Å². The van der Waals surface area contributed by atoms with Crippen molar-refractivity contribution in [3.05, 3.63) is 34.3 Å². The summed E-state index contributed by atoms with van der Waals surface area (Å²) in [7, 11) is -0.758. The molecule has 16 heavy (non-hydrogen) atoms. The Labute approximate surface area is 103 Å². The number of benzene rings is 1. The number of halogens is 1. The van der Waals surface area contributed by atoms with Gasteiger partial charge in [-0.25, -0.2) is 0 Å². The first-order valence-corrected chi connectivity index (χ1v) is 7.02. The fraction of sp³-hybridized carbons (Fsp3) is 0.300. The van der Waals surface area contributed by atoms with Gasteiger partial charge in [-0.2, -0.15) is 0 Å². The van der Waals surface area contributed by atoms with Gasteiger partial charge >= 0.3 is 7.60 Å². The van der Waals surface area contributed by atoms with Gasteiger partial charge in [-0.3, -0.25) is 9.36 Å². The highest BCUT2D eigenvalue weighted by Gasteiger charge is 2.26. The van der Waals surface area contributed by atoms with Crippen LogP contribution in [-0.4, -0.2) is 26.2 Å². The van der Waals surface area contributed by atoms with Crippen LogP contribution in [0.5, 0.6) is 0 Å². The Morgan fingerprint density at radius 2 is 2.00 bits per heavy atom. The molecule has 4 nitrogen and oxygen atoms in total. The molecule has 0 aliphatic carbocycles. The van der Waals surface area contributed by atoms with E-state index >= 15 is 0 Å². The smallest absolute Gasteiger partial charge is 0.312 e. The Hall–Kier alpha value is -0.480. The maximum atomic E-state index is 11.8. The van der Waals surface area contributed by atoms with E-state index in [2.05, 4.69) is 15.9 Å². The average Bonchev–Trinajstić information content (AvgIpc) is 2.29. The summed E-state index contributed by atoms with van der Waals surface area (Å²) in [4.78, 5) is 11.8. The average molecular weight is 307 g/mol. The van der Waals surface area contributed by atoms with E-state index < -0.39 is 7.60 Å². The Bertz CT molecular complexity index is 425. The van der Waals surface area contributed by atoms with Gasteiger partial charge in [0, 0.05) is 24.3 Å². The standard InChI is InChI=1S/C10H12BrO4P/c1-14-16(13,15-2)7-10(12)8-4-3-5-9(11)6-8/h3-6H,7H2,1-2H3. The van der Waals surface area contributed by atoms with Crippen LogP contribution in [0.3, 0.4) is 0 Å². The van der Waals surface area contributed by atoms with E-state index in [9.17, 15) is 9.36 Å². The van der Waals surface area contributed by atoms with E-state index in [4.69, 9.17) is 9.05 Å². The van der Waals surface area contributed by atoms with Crippen LogP contribution in [0.4, 0.5) is 0 Å². The van der Waals surface area contributed by atoms with Crippen molar-refractivity contribution >= 4 is 29.3 Å². The molecule has 6 heteroatoms. The fourth-order valence-corrected chi connectivity index (χ4v) is 2.47. The maximum Gasteiger partial charge on any atom is 0.337 e. The van der Waals surface area contributed by atoms with E-state index in [1.807, 2.05) is 6.07 Å². The lowest BCUT2D eigenvalue weighted by atomic mass is 10.2. The number of carbonyl (C=O) groups excluding carboxylic acids is 1.